The van der Waals surface area contributed by atoms with Crippen LogP contribution >= 0.6 is 0 Å². The first-order valence-electron chi connectivity index (χ1n) is 9.51. The van der Waals surface area contributed by atoms with Crippen molar-refractivity contribution >= 4 is 10.9 Å². The molecule has 3 heterocycles. The van der Waals surface area contributed by atoms with E-state index < -0.39 is 5.92 Å². The van der Waals surface area contributed by atoms with E-state index in [0.717, 1.165) is 33.3 Å². The van der Waals surface area contributed by atoms with Crippen LogP contribution in [0.5, 0.6) is 5.88 Å². The van der Waals surface area contributed by atoms with E-state index in [2.05, 4.69) is 20.8 Å². The average Bonchev–Trinajstić information content (AvgIpc) is 3.29. The van der Waals surface area contributed by atoms with Crippen LogP contribution in [0.1, 0.15) is 28.3 Å². The van der Waals surface area contributed by atoms with Gasteiger partial charge in [0.1, 0.15) is 17.5 Å². The predicted molar refractivity (Wildman–Crippen MR) is 110 cm³/mol. The molecule has 1 aliphatic heterocycles. The largest absolute Gasteiger partial charge is 0.420 e. The van der Waals surface area contributed by atoms with E-state index in [0.29, 0.717) is 18.0 Å². The molecule has 1 aliphatic rings. The monoisotopic (exact) mass is 399 g/mol. The van der Waals surface area contributed by atoms with Crippen molar-refractivity contribution in [3.63, 3.8) is 0 Å². The van der Waals surface area contributed by atoms with Gasteiger partial charge in [0.2, 0.25) is 11.8 Å². The maximum Gasteiger partial charge on any atom is 0.244 e. The number of nitrogens with two attached hydrogens (primary N) is 1. The zero-order valence-electron chi connectivity index (χ0n) is 16.2. The molecule has 1 unspecified atom stereocenters. The number of allylic oxidation sites excluding steroid dienone is 1. The highest BCUT2D eigenvalue weighted by Gasteiger charge is 2.35. The first-order valence-corrected chi connectivity index (χ1v) is 9.51. The standard InChI is InChI=1S/C23H18FN5O/c1-13-20-21(17(10-25)22(26)30-23(20)28-27-13)18-12-29(19-5-3-2-4-16(18)19)11-14-6-8-15(24)9-7-14/h2-9,12,21H,11,26H2,1H3,(H,27,28). The van der Waals surface area contributed by atoms with Gasteiger partial charge in [-0.1, -0.05) is 30.3 Å². The minimum atomic E-state index is -0.392. The Hall–Kier alpha value is -4.05. The van der Waals surface area contributed by atoms with Gasteiger partial charge in [-0.25, -0.2) is 4.39 Å². The molecule has 0 bridgehead atoms. The lowest BCUT2D eigenvalue weighted by Crippen LogP contribution is -2.21. The number of nitrogens with one attached hydrogen (secondary N) is 1. The molecule has 0 aliphatic carbocycles. The normalized spacial score (nSPS) is 15.7. The number of fused-ring (bicyclic) bond motifs is 2. The van der Waals surface area contributed by atoms with Crippen molar-refractivity contribution in [2.24, 2.45) is 5.73 Å². The van der Waals surface area contributed by atoms with Gasteiger partial charge in [-0.15, -0.1) is 5.10 Å². The number of benzene rings is 2. The van der Waals surface area contributed by atoms with Crippen LogP contribution in [0.25, 0.3) is 10.9 Å². The lowest BCUT2D eigenvalue weighted by atomic mass is 9.84. The number of halogens is 1. The van der Waals surface area contributed by atoms with E-state index >= 15 is 0 Å². The molecule has 7 heteroatoms. The first-order chi connectivity index (χ1) is 14.6. The summed E-state index contributed by atoms with van der Waals surface area (Å²) in [5, 5.41) is 18.0. The lowest BCUT2D eigenvalue weighted by Gasteiger charge is -2.23. The van der Waals surface area contributed by atoms with Crippen LogP contribution in [0.2, 0.25) is 0 Å². The maximum atomic E-state index is 13.3. The van der Waals surface area contributed by atoms with Gasteiger partial charge < -0.3 is 15.0 Å². The number of hydrogen-bond donors (Lipinski definition) is 2. The van der Waals surface area contributed by atoms with Gasteiger partial charge in [0.25, 0.3) is 0 Å². The molecule has 0 saturated carbocycles. The molecule has 0 amide bonds. The zero-order chi connectivity index (χ0) is 20.8. The molecule has 5 rings (SSSR count). The van der Waals surface area contributed by atoms with E-state index in [1.54, 1.807) is 12.1 Å². The topological polar surface area (TPSA) is 92.7 Å². The highest BCUT2D eigenvalue weighted by Crippen LogP contribution is 2.45. The second-order valence-electron chi connectivity index (χ2n) is 7.35. The Kier molecular flexibility index (Phi) is 4.07. The molecule has 1 atom stereocenters. The number of nitriles is 1. The van der Waals surface area contributed by atoms with Gasteiger partial charge >= 0.3 is 0 Å². The highest BCUT2D eigenvalue weighted by molar-refractivity contribution is 5.86. The molecule has 0 saturated heterocycles. The summed E-state index contributed by atoms with van der Waals surface area (Å²) < 4.78 is 21.0. The van der Waals surface area contributed by atoms with Crippen molar-refractivity contribution in [2.45, 2.75) is 19.4 Å². The lowest BCUT2D eigenvalue weighted by molar-refractivity contribution is 0.379. The number of H-pyrrole nitrogens is 1. The van der Waals surface area contributed by atoms with Crippen LogP contribution in [-0.4, -0.2) is 14.8 Å². The van der Waals surface area contributed by atoms with Crippen LogP contribution in [0.15, 0.2) is 66.2 Å². The number of aromatic nitrogens is 3. The number of ether oxygens (including phenoxy) is 1. The Morgan fingerprint density at radius 2 is 2.00 bits per heavy atom. The second kappa shape index (κ2) is 6.78. The van der Waals surface area contributed by atoms with Gasteiger partial charge in [-0.2, -0.15) is 5.26 Å². The first kappa shape index (κ1) is 18.0. The molecule has 2 aromatic heterocycles. The molecular weight excluding hydrogens is 381 g/mol. The summed E-state index contributed by atoms with van der Waals surface area (Å²) in [7, 11) is 0. The fraction of sp³-hybridized carbons (Fsp3) is 0.130. The van der Waals surface area contributed by atoms with E-state index in [1.165, 1.54) is 12.1 Å². The SMILES string of the molecule is Cc1[nH]nc2c1C(c1cn(Cc3ccc(F)cc3)c3ccccc13)C(C#N)=C(N)O2. The Balaban J connectivity index is 1.71. The van der Waals surface area contributed by atoms with Crippen LogP contribution < -0.4 is 10.5 Å². The van der Waals surface area contributed by atoms with Gasteiger partial charge in [0.05, 0.1) is 5.92 Å². The molecular formula is C23H18FN5O. The van der Waals surface area contributed by atoms with E-state index in [-0.39, 0.29) is 11.7 Å². The summed E-state index contributed by atoms with van der Waals surface area (Å²) >= 11 is 0. The highest BCUT2D eigenvalue weighted by atomic mass is 19.1. The second-order valence-corrected chi connectivity index (χ2v) is 7.35. The van der Waals surface area contributed by atoms with Gasteiger partial charge in [-0.05, 0) is 36.2 Å². The Bertz CT molecular complexity index is 1340. The molecule has 3 N–H and O–H groups in total. The van der Waals surface area contributed by atoms with Crippen molar-refractivity contribution < 1.29 is 9.13 Å². The van der Waals surface area contributed by atoms with Crippen molar-refractivity contribution in [3.8, 4) is 11.9 Å². The fourth-order valence-corrected chi connectivity index (χ4v) is 4.13. The van der Waals surface area contributed by atoms with Crippen molar-refractivity contribution in [3.05, 3.63) is 94.4 Å². The number of aromatic amines is 1. The molecule has 0 fully saturated rings. The fourth-order valence-electron chi connectivity index (χ4n) is 4.13. The minimum Gasteiger partial charge on any atom is -0.420 e. The van der Waals surface area contributed by atoms with Crippen molar-refractivity contribution in [1.82, 2.24) is 14.8 Å². The third kappa shape index (κ3) is 2.73. The summed E-state index contributed by atoms with van der Waals surface area (Å²) in [6, 6.07) is 16.7. The van der Waals surface area contributed by atoms with Gasteiger partial charge in [0, 0.05) is 34.9 Å². The molecule has 30 heavy (non-hydrogen) atoms. The number of rotatable bonds is 3. The van der Waals surface area contributed by atoms with Crippen molar-refractivity contribution in [2.75, 3.05) is 0 Å². The number of para-hydroxylation sites is 1. The summed E-state index contributed by atoms with van der Waals surface area (Å²) in [5.74, 6) is -0.195. The Morgan fingerprint density at radius 3 is 2.77 bits per heavy atom. The quantitative estimate of drug-likeness (QED) is 0.543. The Morgan fingerprint density at radius 1 is 1.23 bits per heavy atom. The van der Waals surface area contributed by atoms with Crippen LogP contribution in [0.4, 0.5) is 4.39 Å². The zero-order valence-corrected chi connectivity index (χ0v) is 16.2. The van der Waals surface area contributed by atoms with Gasteiger partial charge in [0.15, 0.2) is 0 Å². The summed E-state index contributed by atoms with van der Waals surface area (Å²) in [4.78, 5) is 0. The maximum absolute atomic E-state index is 13.3. The molecule has 2 aromatic carbocycles. The molecule has 4 aromatic rings. The van der Waals surface area contributed by atoms with Gasteiger partial charge in [-0.3, -0.25) is 5.10 Å². The molecule has 148 valence electrons. The van der Waals surface area contributed by atoms with Crippen molar-refractivity contribution in [1.29, 1.82) is 5.26 Å². The van der Waals surface area contributed by atoms with Crippen LogP contribution in [0.3, 0.4) is 0 Å². The molecule has 0 spiro atoms. The summed E-state index contributed by atoms with van der Waals surface area (Å²) in [6.07, 6.45) is 2.03. The molecule has 0 radical (unpaired) electrons. The van der Waals surface area contributed by atoms with E-state index in [4.69, 9.17) is 10.5 Å². The molecule has 6 nitrogen and oxygen atoms in total. The van der Waals surface area contributed by atoms with Crippen LogP contribution in [-0.2, 0) is 6.54 Å². The number of aryl methyl sites for hydroxylation is 1. The third-order valence-electron chi connectivity index (χ3n) is 5.53. The minimum absolute atomic E-state index is 0.0665. The van der Waals surface area contributed by atoms with E-state index in [1.807, 2.05) is 37.4 Å². The predicted octanol–water partition coefficient (Wildman–Crippen LogP) is 4.08. The smallest absolute Gasteiger partial charge is 0.244 e. The summed E-state index contributed by atoms with van der Waals surface area (Å²) in [5.41, 5.74) is 11.0. The average molecular weight is 399 g/mol. The third-order valence-corrected chi connectivity index (χ3v) is 5.53. The van der Waals surface area contributed by atoms with Crippen LogP contribution in [0, 0.1) is 24.1 Å². The number of nitrogens with zero attached hydrogens (tertiary/aromatic N) is 3. The number of hydrogen-bond acceptors (Lipinski definition) is 4. The summed E-state index contributed by atoms with van der Waals surface area (Å²) in [6.45, 7) is 2.47. The Labute approximate surface area is 172 Å². The van der Waals surface area contributed by atoms with E-state index in [9.17, 15) is 9.65 Å².